The van der Waals surface area contributed by atoms with Crippen molar-refractivity contribution < 1.29 is 14.3 Å². The Balaban J connectivity index is 2.31. The van der Waals surface area contributed by atoms with Crippen LogP contribution in [0, 0.1) is 6.92 Å². The van der Waals surface area contributed by atoms with E-state index in [1.807, 2.05) is 6.92 Å². The molecular formula is C12H14N2O4. The van der Waals surface area contributed by atoms with Crippen LogP contribution in [0.15, 0.2) is 27.7 Å². The average Bonchev–Trinajstić information content (AvgIpc) is 2.85. The Bertz CT molecular complexity index is 633. The first-order valence-corrected chi connectivity index (χ1v) is 5.61. The number of carbonyl (C=O) groups is 1. The van der Waals surface area contributed by atoms with E-state index in [2.05, 4.69) is 0 Å². The number of furan rings is 1. The zero-order chi connectivity index (χ0) is 13.3. The lowest BCUT2D eigenvalue weighted by atomic mass is 10.2. The first-order valence-electron chi connectivity index (χ1n) is 5.61. The van der Waals surface area contributed by atoms with E-state index < -0.39 is 5.97 Å². The molecule has 0 fully saturated rings. The smallest absolute Gasteiger partial charge is 0.371 e. The molecule has 0 aliphatic carbocycles. The number of imidazole rings is 1. The van der Waals surface area contributed by atoms with Crippen molar-refractivity contribution in [1.29, 1.82) is 0 Å². The molecule has 0 amide bonds. The Morgan fingerprint density at radius 1 is 1.39 bits per heavy atom. The van der Waals surface area contributed by atoms with Crippen LogP contribution in [0.1, 0.15) is 28.8 Å². The van der Waals surface area contributed by atoms with Crippen LogP contribution in [0.4, 0.5) is 0 Å². The van der Waals surface area contributed by atoms with E-state index in [4.69, 9.17) is 9.52 Å². The van der Waals surface area contributed by atoms with Crippen LogP contribution in [0.5, 0.6) is 0 Å². The second-order valence-corrected chi connectivity index (χ2v) is 3.99. The Labute approximate surface area is 103 Å². The number of hydrogen-bond acceptors (Lipinski definition) is 3. The summed E-state index contributed by atoms with van der Waals surface area (Å²) in [5.41, 5.74) is 0.582. The third kappa shape index (κ3) is 2.09. The number of carboxylic acids is 1. The maximum atomic E-state index is 11.8. The molecule has 0 unspecified atom stereocenters. The van der Waals surface area contributed by atoms with Gasteiger partial charge in [0.2, 0.25) is 5.76 Å². The molecule has 0 atom stereocenters. The second kappa shape index (κ2) is 4.56. The number of aryl methyl sites for hydroxylation is 2. The van der Waals surface area contributed by atoms with Gasteiger partial charge in [-0.1, -0.05) is 0 Å². The quantitative estimate of drug-likeness (QED) is 0.887. The summed E-state index contributed by atoms with van der Waals surface area (Å²) in [6.45, 7) is 4.49. The van der Waals surface area contributed by atoms with Crippen LogP contribution in [0.25, 0.3) is 0 Å². The van der Waals surface area contributed by atoms with Crippen molar-refractivity contribution >= 4 is 5.97 Å². The maximum Gasteiger partial charge on any atom is 0.371 e. The highest BCUT2D eigenvalue weighted by Crippen LogP contribution is 2.15. The van der Waals surface area contributed by atoms with E-state index in [9.17, 15) is 9.59 Å². The molecule has 0 saturated carbocycles. The summed E-state index contributed by atoms with van der Waals surface area (Å²) < 4.78 is 8.20. The van der Waals surface area contributed by atoms with Crippen molar-refractivity contribution in [3.05, 3.63) is 46.0 Å². The fraction of sp³-hybridized carbons (Fsp3) is 0.333. The van der Waals surface area contributed by atoms with Crippen LogP contribution in [0.2, 0.25) is 0 Å². The lowest BCUT2D eigenvalue weighted by Gasteiger charge is -1.99. The zero-order valence-corrected chi connectivity index (χ0v) is 10.2. The summed E-state index contributed by atoms with van der Waals surface area (Å²) in [7, 11) is 0. The Hall–Kier alpha value is -2.24. The van der Waals surface area contributed by atoms with Gasteiger partial charge in [0, 0.05) is 24.5 Å². The first kappa shape index (κ1) is 12.2. The molecule has 0 aromatic carbocycles. The summed E-state index contributed by atoms with van der Waals surface area (Å²) in [5, 5.41) is 8.82. The standard InChI is InChI=1S/C12H14N2O4/c1-3-13-4-5-14(12(13)17)7-9-6-10(11(15)16)18-8(9)2/h4-6H,3,7H2,1-2H3,(H,15,16). The minimum atomic E-state index is -1.11. The predicted octanol–water partition coefficient (Wildman–Crippen LogP) is 1.32. The van der Waals surface area contributed by atoms with E-state index >= 15 is 0 Å². The Morgan fingerprint density at radius 3 is 2.56 bits per heavy atom. The summed E-state index contributed by atoms with van der Waals surface area (Å²) in [4.78, 5) is 22.6. The molecule has 2 aromatic rings. The molecule has 0 aliphatic rings. The third-order valence-electron chi connectivity index (χ3n) is 2.83. The Kier molecular flexibility index (Phi) is 3.10. The summed E-state index contributed by atoms with van der Waals surface area (Å²) in [5.74, 6) is -0.697. The summed E-state index contributed by atoms with van der Waals surface area (Å²) in [6.07, 6.45) is 3.38. The predicted molar refractivity (Wildman–Crippen MR) is 63.9 cm³/mol. The van der Waals surface area contributed by atoms with Gasteiger partial charge in [-0.05, 0) is 19.9 Å². The van der Waals surface area contributed by atoms with Crippen molar-refractivity contribution in [1.82, 2.24) is 9.13 Å². The Morgan fingerprint density at radius 2 is 2.06 bits per heavy atom. The molecular weight excluding hydrogens is 236 g/mol. The molecule has 96 valence electrons. The fourth-order valence-electron chi connectivity index (χ4n) is 1.78. The van der Waals surface area contributed by atoms with Gasteiger partial charge in [-0.3, -0.25) is 9.13 Å². The number of aromatic carboxylic acids is 1. The molecule has 0 aliphatic heterocycles. The van der Waals surface area contributed by atoms with Crippen molar-refractivity contribution in [2.75, 3.05) is 0 Å². The molecule has 0 saturated heterocycles. The van der Waals surface area contributed by atoms with Crippen LogP contribution < -0.4 is 5.69 Å². The minimum absolute atomic E-state index is 0.106. The van der Waals surface area contributed by atoms with Crippen LogP contribution >= 0.6 is 0 Å². The molecule has 0 spiro atoms. The molecule has 2 rings (SSSR count). The molecule has 0 bridgehead atoms. The summed E-state index contributed by atoms with van der Waals surface area (Å²) in [6, 6.07) is 1.45. The van der Waals surface area contributed by atoms with Gasteiger partial charge in [-0.2, -0.15) is 0 Å². The molecule has 6 nitrogen and oxygen atoms in total. The van der Waals surface area contributed by atoms with E-state index in [-0.39, 0.29) is 11.4 Å². The number of rotatable bonds is 4. The highest BCUT2D eigenvalue weighted by Gasteiger charge is 2.14. The normalized spacial score (nSPS) is 10.8. The van der Waals surface area contributed by atoms with E-state index in [1.165, 1.54) is 10.6 Å². The molecule has 1 N–H and O–H groups in total. The zero-order valence-electron chi connectivity index (χ0n) is 10.2. The highest BCUT2D eigenvalue weighted by atomic mass is 16.4. The van der Waals surface area contributed by atoms with Gasteiger partial charge >= 0.3 is 11.7 Å². The molecule has 18 heavy (non-hydrogen) atoms. The number of nitrogens with zero attached hydrogens (tertiary/aromatic N) is 2. The van der Waals surface area contributed by atoms with Crippen LogP contribution in [-0.4, -0.2) is 20.2 Å². The van der Waals surface area contributed by atoms with Gasteiger partial charge in [0.05, 0.1) is 6.54 Å². The van der Waals surface area contributed by atoms with E-state index in [1.54, 1.807) is 23.9 Å². The van der Waals surface area contributed by atoms with Gasteiger partial charge in [-0.15, -0.1) is 0 Å². The lowest BCUT2D eigenvalue weighted by Crippen LogP contribution is -2.23. The number of aromatic nitrogens is 2. The van der Waals surface area contributed by atoms with Gasteiger partial charge in [0.25, 0.3) is 0 Å². The summed E-state index contributed by atoms with van der Waals surface area (Å²) >= 11 is 0. The van der Waals surface area contributed by atoms with Crippen LogP contribution in [-0.2, 0) is 13.1 Å². The topological polar surface area (TPSA) is 77.4 Å². The monoisotopic (exact) mass is 250 g/mol. The average molecular weight is 250 g/mol. The lowest BCUT2D eigenvalue weighted by molar-refractivity contribution is 0.0661. The fourth-order valence-corrected chi connectivity index (χ4v) is 1.78. The number of carboxylic acid groups (broad SMARTS) is 1. The van der Waals surface area contributed by atoms with Gasteiger partial charge in [-0.25, -0.2) is 9.59 Å². The second-order valence-electron chi connectivity index (χ2n) is 3.99. The largest absolute Gasteiger partial charge is 0.475 e. The number of hydrogen-bond donors (Lipinski definition) is 1. The van der Waals surface area contributed by atoms with Gasteiger partial charge < -0.3 is 9.52 Å². The SMILES string of the molecule is CCn1ccn(Cc2cc(C(=O)O)oc2C)c1=O. The third-order valence-corrected chi connectivity index (χ3v) is 2.83. The first-order chi connectivity index (χ1) is 8.52. The molecule has 6 heteroatoms. The molecule has 2 aromatic heterocycles. The van der Waals surface area contributed by atoms with Crippen LogP contribution in [0.3, 0.4) is 0 Å². The van der Waals surface area contributed by atoms with Gasteiger partial charge in [0.15, 0.2) is 0 Å². The van der Waals surface area contributed by atoms with Crippen molar-refractivity contribution in [3.63, 3.8) is 0 Å². The maximum absolute atomic E-state index is 11.8. The van der Waals surface area contributed by atoms with E-state index in [0.29, 0.717) is 24.4 Å². The van der Waals surface area contributed by atoms with Crippen molar-refractivity contribution in [2.24, 2.45) is 0 Å². The van der Waals surface area contributed by atoms with Gasteiger partial charge in [0.1, 0.15) is 5.76 Å². The van der Waals surface area contributed by atoms with Crippen molar-refractivity contribution in [3.8, 4) is 0 Å². The highest BCUT2D eigenvalue weighted by molar-refractivity contribution is 5.84. The minimum Gasteiger partial charge on any atom is -0.475 e. The van der Waals surface area contributed by atoms with Crippen molar-refractivity contribution in [2.45, 2.75) is 26.9 Å². The molecule has 0 radical (unpaired) electrons. The van der Waals surface area contributed by atoms with E-state index in [0.717, 1.165) is 0 Å². The molecule has 2 heterocycles.